The lowest BCUT2D eigenvalue weighted by atomic mass is 9.98. The zero-order valence-electron chi connectivity index (χ0n) is 7.90. The highest BCUT2D eigenvalue weighted by Crippen LogP contribution is 2.30. The molecule has 0 radical (unpaired) electrons. The van der Waals surface area contributed by atoms with Gasteiger partial charge in [0.1, 0.15) is 0 Å². The Morgan fingerprint density at radius 1 is 1.21 bits per heavy atom. The summed E-state index contributed by atoms with van der Waals surface area (Å²) in [4.78, 5) is 21.0. The van der Waals surface area contributed by atoms with Gasteiger partial charge in [0, 0.05) is 11.6 Å². The number of rotatable bonds is 4. The van der Waals surface area contributed by atoms with Gasteiger partial charge in [-0.25, -0.2) is 9.59 Å². The Labute approximate surface area is 82.2 Å². The van der Waals surface area contributed by atoms with Crippen LogP contribution in [-0.4, -0.2) is 22.2 Å². The Bertz CT molecular complexity index is 261. The molecule has 1 aliphatic rings. The van der Waals surface area contributed by atoms with E-state index in [1.165, 1.54) is 0 Å². The number of hydrogen-bond donors (Lipinski definition) is 2. The van der Waals surface area contributed by atoms with Crippen molar-refractivity contribution in [2.75, 3.05) is 0 Å². The highest BCUT2D eigenvalue weighted by atomic mass is 16.4. The normalized spacial score (nSPS) is 18.4. The van der Waals surface area contributed by atoms with Gasteiger partial charge < -0.3 is 10.2 Å². The number of aliphatic carboxylic acids is 2. The molecule has 4 heteroatoms. The zero-order valence-corrected chi connectivity index (χ0v) is 7.90. The minimum Gasteiger partial charge on any atom is -0.478 e. The molecule has 1 saturated carbocycles. The van der Waals surface area contributed by atoms with E-state index in [4.69, 9.17) is 10.2 Å². The van der Waals surface area contributed by atoms with Crippen LogP contribution in [0.2, 0.25) is 0 Å². The molecule has 0 spiro atoms. The molecule has 78 valence electrons. The summed E-state index contributed by atoms with van der Waals surface area (Å²) in [6.45, 7) is 0. The van der Waals surface area contributed by atoms with Gasteiger partial charge in [0.2, 0.25) is 0 Å². The molecule has 0 aliphatic heterocycles. The van der Waals surface area contributed by atoms with Crippen LogP contribution >= 0.6 is 0 Å². The number of carbonyl (C=O) groups is 2. The van der Waals surface area contributed by atoms with E-state index in [1.807, 2.05) is 0 Å². The van der Waals surface area contributed by atoms with E-state index in [1.54, 1.807) is 0 Å². The van der Waals surface area contributed by atoms with Crippen LogP contribution in [0.3, 0.4) is 0 Å². The van der Waals surface area contributed by atoms with E-state index in [-0.39, 0.29) is 5.57 Å². The zero-order chi connectivity index (χ0) is 10.6. The van der Waals surface area contributed by atoms with E-state index in [0.717, 1.165) is 31.8 Å². The minimum atomic E-state index is -1.18. The van der Waals surface area contributed by atoms with Gasteiger partial charge in [-0.3, -0.25) is 0 Å². The average molecular weight is 198 g/mol. The fourth-order valence-corrected chi connectivity index (χ4v) is 1.88. The summed E-state index contributed by atoms with van der Waals surface area (Å²) in [7, 11) is 0. The molecule has 2 N–H and O–H groups in total. The van der Waals surface area contributed by atoms with Crippen molar-refractivity contribution < 1.29 is 19.8 Å². The number of hydrogen-bond acceptors (Lipinski definition) is 2. The van der Waals surface area contributed by atoms with Crippen LogP contribution in [0.25, 0.3) is 0 Å². The molecule has 0 aromatic heterocycles. The summed E-state index contributed by atoms with van der Waals surface area (Å²) in [5.74, 6) is -1.93. The van der Waals surface area contributed by atoms with Gasteiger partial charge >= 0.3 is 11.9 Å². The van der Waals surface area contributed by atoms with Crippen LogP contribution in [0, 0.1) is 5.92 Å². The van der Waals surface area contributed by atoms with E-state index >= 15 is 0 Å². The lowest BCUT2D eigenvalue weighted by Gasteiger charge is -2.08. The summed E-state index contributed by atoms with van der Waals surface area (Å²) in [5, 5.41) is 17.2. The summed E-state index contributed by atoms with van der Waals surface area (Å²) < 4.78 is 0. The Morgan fingerprint density at radius 2 is 1.79 bits per heavy atom. The van der Waals surface area contributed by atoms with Crippen molar-refractivity contribution in [3.63, 3.8) is 0 Å². The maximum Gasteiger partial charge on any atom is 0.331 e. The first-order valence-electron chi connectivity index (χ1n) is 4.76. The highest BCUT2D eigenvalue weighted by Gasteiger charge is 2.20. The first kappa shape index (κ1) is 10.8. The monoisotopic (exact) mass is 198 g/mol. The molecule has 0 saturated heterocycles. The first-order valence-corrected chi connectivity index (χ1v) is 4.76. The smallest absolute Gasteiger partial charge is 0.331 e. The Kier molecular flexibility index (Phi) is 3.68. The van der Waals surface area contributed by atoms with Crippen molar-refractivity contribution in [3.8, 4) is 0 Å². The van der Waals surface area contributed by atoms with Crippen molar-refractivity contribution in [1.29, 1.82) is 0 Å². The third kappa shape index (κ3) is 3.20. The van der Waals surface area contributed by atoms with Gasteiger partial charge in [-0.15, -0.1) is 0 Å². The first-order chi connectivity index (χ1) is 6.59. The Morgan fingerprint density at radius 3 is 2.21 bits per heavy atom. The second kappa shape index (κ2) is 4.79. The fourth-order valence-electron chi connectivity index (χ4n) is 1.88. The average Bonchev–Trinajstić information content (AvgIpc) is 2.54. The van der Waals surface area contributed by atoms with Gasteiger partial charge in [-0.2, -0.15) is 0 Å². The third-order valence-corrected chi connectivity index (χ3v) is 2.56. The molecule has 0 atom stereocenters. The molecule has 1 rings (SSSR count). The Balaban J connectivity index is 2.59. The molecule has 14 heavy (non-hydrogen) atoms. The second-order valence-electron chi connectivity index (χ2n) is 3.67. The lowest BCUT2D eigenvalue weighted by Crippen LogP contribution is -2.08. The van der Waals surface area contributed by atoms with E-state index in [2.05, 4.69) is 0 Å². The summed E-state index contributed by atoms with van der Waals surface area (Å²) in [6, 6.07) is 0. The third-order valence-electron chi connectivity index (χ3n) is 2.56. The SMILES string of the molecule is O=C(O)/C=C(/CC1CCCC1)C(=O)O. The van der Waals surface area contributed by atoms with Crippen molar-refractivity contribution in [2.24, 2.45) is 5.92 Å². The molecule has 4 nitrogen and oxygen atoms in total. The minimum absolute atomic E-state index is 0.0180. The summed E-state index contributed by atoms with van der Waals surface area (Å²) >= 11 is 0. The van der Waals surface area contributed by atoms with Gasteiger partial charge in [0.15, 0.2) is 0 Å². The van der Waals surface area contributed by atoms with Crippen LogP contribution < -0.4 is 0 Å². The van der Waals surface area contributed by atoms with Crippen LogP contribution in [0.1, 0.15) is 32.1 Å². The van der Waals surface area contributed by atoms with Crippen LogP contribution in [0.15, 0.2) is 11.6 Å². The van der Waals surface area contributed by atoms with Crippen LogP contribution in [0.4, 0.5) is 0 Å². The Hall–Kier alpha value is -1.32. The van der Waals surface area contributed by atoms with Gasteiger partial charge in [0.05, 0.1) is 0 Å². The molecule has 0 unspecified atom stereocenters. The maximum atomic E-state index is 10.7. The lowest BCUT2D eigenvalue weighted by molar-refractivity contribution is -0.135. The van der Waals surface area contributed by atoms with Crippen molar-refractivity contribution in [1.82, 2.24) is 0 Å². The molecule has 0 bridgehead atoms. The number of carboxylic acids is 2. The van der Waals surface area contributed by atoms with Crippen molar-refractivity contribution in [3.05, 3.63) is 11.6 Å². The molecule has 1 fully saturated rings. The highest BCUT2D eigenvalue weighted by molar-refractivity contribution is 5.94. The quantitative estimate of drug-likeness (QED) is 0.674. The van der Waals surface area contributed by atoms with E-state index < -0.39 is 11.9 Å². The van der Waals surface area contributed by atoms with Gasteiger partial charge in [-0.05, 0) is 12.3 Å². The topological polar surface area (TPSA) is 74.6 Å². The van der Waals surface area contributed by atoms with Crippen molar-refractivity contribution in [2.45, 2.75) is 32.1 Å². The standard InChI is InChI=1S/C10H14O4/c11-9(12)6-8(10(13)14)5-7-3-1-2-4-7/h6-7H,1-5H2,(H,11,12)(H,13,14)/b8-6-. The predicted molar refractivity (Wildman–Crippen MR) is 49.9 cm³/mol. The second-order valence-corrected chi connectivity index (χ2v) is 3.67. The summed E-state index contributed by atoms with van der Waals surface area (Å²) in [6.07, 6.45) is 5.49. The molecule has 0 aromatic carbocycles. The fraction of sp³-hybridized carbons (Fsp3) is 0.600. The molecule has 0 amide bonds. The molecule has 0 aromatic rings. The number of carboxylic acid groups (broad SMARTS) is 2. The predicted octanol–water partition coefficient (Wildman–Crippen LogP) is 1.66. The van der Waals surface area contributed by atoms with Gasteiger partial charge in [0.25, 0.3) is 0 Å². The van der Waals surface area contributed by atoms with Crippen LogP contribution in [0.5, 0.6) is 0 Å². The molecular formula is C10H14O4. The maximum absolute atomic E-state index is 10.7. The molecule has 0 heterocycles. The molecular weight excluding hydrogens is 184 g/mol. The van der Waals surface area contributed by atoms with Crippen LogP contribution in [-0.2, 0) is 9.59 Å². The van der Waals surface area contributed by atoms with E-state index in [0.29, 0.717) is 12.3 Å². The van der Waals surface area contributed by atoms with Crippen molar-refractivity contribution >= 4 is 11.9 Å². The molecule has 1 aliphatic carbocycles. The summed E-state index contributed by atoms with van der Waals surface area (Å²) in [5.41, 5.74) is 0.0180. The van der Waals surface area contributed by atoms with E-state index in [9.17, 15) is 9.59 Å². The largest absolute Gasteiger partial charge is 0.478 e. The van der Waals surface area contributed by atoms with Gasteiger partial charge in [-0.1, -0.05) is 25.7 Å².